The lowest BCUT2D eigenvalue weighted by molar-refractivity contribution is -0.274. The highest BCUT2D eigenvalue weighted by molar-refractivity contribution is 5.94. The molecule has 1 fully saturated rings. The van der Waals surface area contributed by atoms with Crippen molar-refractivity contribution < 1.29 is 22.7 Å². The molecule has 0 aromatic heterocycles. The number of carbonyl (C=O) groups excluding carboxylic acids is 1. The van der Waals surface area contributed by atoms with E-state index in [1.807, 2.05) is 0 Å². The van der Waals surface area contributed by atoms with Crippen LogP contribution in [-0.4, -0.2) is 24.4 Å². The molecule has 0 saturated heterocycles. The second kappa shape index (κ2) is 6.56. The van der Waals surface area contributed by atoms with Crippen molar-refractivity contribution in [2.45, 2.75) is 44.0 Å². The number of hydrogen-bond donors (Lipinski definition) is 2. The molecule has 0 heterocycles. The summed E-state index contributed by atoms with van der Waals surface area (Å²) in [4.78, 5) is 12.0. The zero-order valence-corrected chi connectivity index (χ0v) is 12.1. The number of nitrogens with one attached hydrogen (secondary N) is 1. The van der Waals surface area contributed by atoms with Gasteiger partial charge >= 0.3 is 6.36 Å². The van der Waals surface area contributed by atoms with Crippen molar-refractivity contribution in [1.82, 2.24) is 5.32 Å². The topological polar surface area (TPSA) is 64.3 Å². The summed E-state index contributed by atoms with van der Waals surface area (Å²) in [6.45, 7) is 0.316. The van der Waals surface area contributed by atoms with Crippen molar-refractivity contribution in [2.75, 3.05) is 6.54 Å². The minimum atomic E-state index is -4.78. The molecule has 2 rings (SSSR count). The van der Waals surface area contributed by atoms with Crippen molar-refractivity contribution in [3.05, 3.63) is 29.8 Å². The Balaban J connectivity index is 1.96. The van der Waals surface area contributed by atoms with Crippen molar-refractivity contribution in [3.63, 3.8) is 0 Å². The first-order chi connectivity index (χ1) is 10.3. The molecule has 0 aliphatic heterocycles. The highest BCUT2D eigenvalue weighted by Gasteiger charge is 2.31. The van der Waals surface area contributed by atoms with Crippen LogP contribution in [0.3, 0.4) is 0 Å². The van der Waals surface area contributed by atoms with Gasteiger partial charge in [-0.2, -0.15) is 0 Å². The Labute approximate surface area is 126 Å². The van der Waals surface area contributed by atoms with Crippen molar-refractivity contribution >= 4 is 5.91 Å². The van der Waals surface area contributed by atoms with E-state index < -0.39 is 23.6 Å². The van der Waals surface area contributed by atoms with Crippen LogP contribution in [0.5, 0.6) is 5.75 Å². The number of hydrogen-bond acceptors (Lipinski definition) is 3. The number of rotatable bonds is 4. The van der Waals surface area contributed by atoms with Gasteiger partial charge in [0.15, 0.2) is 0 Å². The van der Waals surface area contributed by atoms with Crippen molar-refractivity contribution in [2.24, 2.45) is 5.73 Å². The molecule has 1 amide bonds. The molecule has 122 valence electrons. The third kappa shape index (κ3) is 4.91. The molecule has 1 aromatic rings. The van der Waals surface area contributed by atoms with E-state index in [0.29, 0.717) is 6.54 Å². The maximum atomic E-state index is 12.2. The average molecular weight is 316 g/mol. The number of benzene rings is 1. The molecule has 0 spiro atoms. The second-order valence-corrected chi connectivity index (χ2v) is 5.68. The van der Waals surface area contributed by atoms with Gasteiger partial charge in [-0.1, -0.05) is 25.3 Å². The molecule has 4 nitrogen and oxygen atoms in total. The lowest BCUT2D eigenvalue weighted by Gasteiger charge is -2.33. The van der Waals surface area contributed by atoms with E-state index in [1.54, 1.807) is 0 Å². The summed E-state index contributed by atoms with van der Waals surface area (Å²) in [7, 11) is 0. The molecular weight excluding hydrogens is 297 g/mol. The summed E-state index contributed by atoms with van der Waals surface area (Å²) in [5, 5.41) is 2.70. The lowest BCUT2D eigenvalue weighted by atomic mass is 9.82. The van der Waals surface area contributed by atoms with Crippen LogP contribution in [-0.2, 0) is 0 Å². The van der Waals surface area contributed by atoms with Gasteiger partial charge in [0.1, 0.15) is 5.75 Å². The standard InChI is InChI=1S/C15H19F3N2O2/c16-15(17,18)22-12-6-4-5-11(9-12)13(21)20-10-14(19)7-2-1-3-8-14/h4-6,9H,1-3,7-8,10,19H2,(H,20,21). The number of nitrogens with two attached hydrogens (primary N) is 1. The molecular formula is C15H19F3N2O2. The summed E-state index contributed by atoms with van der Waals surface area (Å²) < 4.78 is 40.3. The summed E-state index contributed by atoms with van der Waals surface area (Å²) >= 11 is 0. The van der Waals surface area contributed by atoms with E-state index in [2.05, 4.69) is 10.1 Å². The summed E-state index contributed by atoms with van der Waals surface area (Å²) in [5.41, 5.74) is 5.90. The van der Waals surface area contributed by atoms with Gasteiger partial charge in [0.25, 0.3) is 5.91 Å². The zero-order valence-electron chi connectivity index (χ0n) is 12.1. The first-order valence-corrected chi connectivity index (χ1v) is 7.20. The lowest BCUT2D eigenvalue weighted by Crippen LogP contribution is -2.51. The van der Waals surface area contributed by atoms with Crippen LogP contribution in [0.15, 0.2) is 24.3 Å². The highest BCUT2D eigenvalue weighted by Crippen LogP contribution is 2.26. The van der Waals surface area contributed by atoms with Gasteiger partial charge in [0.05, 0.1) is 0 Å². The smallest absolute Gasteiger partial charge is 0.406 e. The Morgan fingerprint density at radius 3 is 2.59 bits per heavy atom. The van der Waals surface area contributed by atoms with Gasteiger partial charge < -0.3 is 15.8 Å². The molecule has 0 atom stereocenters. The molecule has 1 aromatic carbocycles. The van der Waals surface area contributed by atoms with Crippen LogP contribution in [0.4, 0.5) is 13.2 Å². The van der Waals surface area contributed by atoms with Gasteiger partial charge in [0, 0.05) is 17.6 Å². The highest BCUT2D eigenvalue weighted by atomic mass is 19.4. The summed E-state index contributed by atoms with van der Waals surface area (Å²) in [6.07, 6.45) is 0.0970. The minimum Gasteiger partial charge on any atom is -0.406 e. The van der Waals surface area contributed by atoms with E-state index in [4.69, 9.17) is 5.73 Å². The fourth-order valence-corrected chi connectivity index (χ4v) is 2.63. The van der Waals surface area contributed by atoms with E-state index in [0.717, 1.165) is 44.2 Å². The van der Waals surface area contributed by atoms with Gasteiger partial charge in [-0.05, 0) is 31.0 Å². The van der Waals surface area contributed by atoms with Crippen LogP contribution in [0.2, 0.25) is 0 Å². The maximum Gasteiger partial charge on any atom is 0.573 e. The molecule has 0 radical (unpaired) electrons. The quantitative estimate of drug-likeness (QED) is 0.897. The molecule has 7 heteroatoms. The zero-order chi connectivity index (χ0) is 16.2. The van der Waals surface area contributed by atoms with Crippen LogP contribution in [0.25, 0.3) is 0 Å². The van der Waals surface area contributed by atoms with Gasteiger partial charge in [-0.15, -0.1) is 13.2 Å². The van der Waals surface area contributed by atoms with E-state index in [1.165, 1.54) is 12.1 Å². The number of amides is 1. The van der Waals surface area contributed by atoms with Gasteiger partial charge in [0.2, 0.25) is 0 Å². The molecule has 0 bridgehead atoms. The van der Waals surface area contributed by atoms with Gasteiger partial charge in [-0.3, -0.25) is 4.79 Å². The fraction of sp³-hybridized carbons (Fsp3) is 0.533. The Kier molecular flexibility index (Phi) is 4.95. The predicted molar refractivity (Wildman–Crippen MR) is 75.5 cm³/mol. The molecule has 3 N–H and O–H groups in total. The largest absolute Gasteiger partial charge is 0.573 e. The monoisotopic (exact) mass is 316 g/mol. The maximum absolute atomic E-state index is 12.2. The van der Waals surface area contributed by atoms with Crippen LogP contribution < -0.4 is 15.8 Å². The number of ether oxygens (including phenoxy) is 1. The predicted octanol–water partition coefficient (Wildman–Crippen LogP) is 2.98. The fourth-order valence-electron chi connectivity index (χ4n) is 2.63. The summed E-state index contributed by atoms with van der Waals surface area (Å²) in [6, 6.07) is 4.99. The molecule has 0 unspecified atom stereocenters. The Morgan fingerprint density at radius 2 is 1.95 bits per heavy atom. The van der Waals surface area contributed by atoms with Crippen molar-refractivity contribution in [1.29, 1.82) is 0 Å². The van der Waals surface area contributed by atoms with Crippen molar-refractivity contribution in [3.8, 4) is 5.75 Å². The van der Waals surface area contributed by atoms with Crippen LogP contribution in [0.1, 0.15) is 42.5 Å². The third-order valence-corrected chi connectivity index (χ3v) is 3.78. The Bertz CT molecular complexity index is 526. The minimum absolute atomic E-state index is 0.112. The third-order valence-electron chi connectivity index (χ3n) is 3.78. The Morgan fingerprint density at radius 1 is 1.27 bits per heavy atom. The normalized spacial score (nSPS) is 17.8. The SMILES string of the molecule is NC1(CNC(=O)c2cccc(OC(F)(F)F)c2)CCCCC1. The van der Waals surface area contributed by atoms with E-state index in [-0.39, 0.29) is 5.56 Å². The number of halogens is 3. The average Bonchev–Trinajstić information content (AvgIpc) is 2.44. The molecule has 1 aliphatic carbocycles. The number of alkyl halides is 3. The Hall–Kier alpha value is -1.76. The second-order valence-electron chi connectivity index (χ2n) is 5.68. The molecule has 22 heavy (non-hydrogen) atoms. The summed E-state index contributed by atoms with van der Waals surface area (Å²) in [5.74, 6) is -0.872. The van der Waals surface area contributed by atoms with Gasteiger partial charge in [-0.25, -0.2) is 0 Å². The number of carbonyl (C=O) groups is 1. The van der Waals surface area contributed by atoms with E-state index in [9.17, 15) is 18.0 Å². The van der Waals surface area contributed by atoms with Crippen LogP contribution in [0, 0.1) is 0 Å². The molecule has 1 aliphatic rings. The van der Waals surface area contributed by atoms with Crippen LogP contribution >= 0.6 is 0 Å². The van der Waals surface area contributed by atoms with E-state index >= 15 is 0 Å². The first-order valence-electron chi connectivity index (χ1n) is 7.20. The first kappa shape index (κ1) is 16.6. The molecule has 1 saturated carbocycles.